The zero-order valence-corrected chi connectivity index (χ0v) is 17.9. The Hall–Kier alpha value is -3.57. The lowest BCUT2D eigenvalue weighted by atomic mass is 9.80. The van der Waals surface area contributed by atoms with E-state index in [2.05, 4.69) is 24.3 Å². The third kappa shape index (κ3) is 4.05. The van der Waals surface area contributed by atoms with E-state index in [1.54, 1.807) is 31.4 Å². The molecule has 3 aromatic rings. The summed E-state index contributed by atoms with van der Waals surface area (Å²) < 4.78 is 11.4. The Morgan fingerprint density at radius 1 is 1.03 bits per heavy atom. The van der Waals surface area contributed by atoms with Gasteiger partial charge in [0.15, 0.2) is 0 Å². The van der Waals surface area contributed by atoms with Crippen molar-refractivity contribution in [2.45, 2.75) is 44.4 Å². The van der Waals surface area contributed by atoms with Crippen molar-refractivity contribution < 1.29 is 9.47 Å². The van der Waals surface area contributed by atoms with Gasteiger partial charge in [-0.15, -0.1) is 0 Å². The molecule has 31 heavy (non-hydrogen) atoms. The van der Waals surface area contributed by atoms with Crippen LogP contribution in [0.25, 0.3) is 10.9 Å². The van der Waals surface area contributed by atoms with Gasteiger partial charge in [0.25, 0.3) is 0 Å². The first kappa shape index (κ1) is 20.7. The van der Waals surface area contributed by atoms with Crippen molar-refractivity contribution >= 4 is 10.9 Å². The molecule has 0 amide bonds. The van der Waals surface area contributed by atoms with Crippen LogP contribution in [0.3, 0.4) is 0 Å². The number of benzene rings is 2. The quantitative estimate of drug-likeness (QED) is 0.554. The van der Waals surface area contributed by atoms with E-state index < -0.39 is 5.41 Å². The van der Waals surface area contributed by atoms with Crippen LogP contribution in [-0.2, 0) is 18.3 Å². The molecule has 5 heteroatoms. The van der Waals surface area contributed by atoms with Crippen LogP contribution in [0.4, 0.5) is 0 Å². The number of nitriles is 2. The number of aryl methyl sites for hydroxylation is 1. The molecule has 0 saturated heterocycles. The number of ether oxygens (including phenoxy) is 2. The summed E-state index contributed by atoms with van der Waals surface area (Å²) in [5.74, 6) is 1.40. The van der Waals surface area contributed by atoms with Crippen molar-refractivity contribution in [1.82, 2.24) is 4.98 Å². The summed E-state index contributed by atoms with van der Waals surface area (Å²) in [5.41, 5.74) is 4.26. The van der Waals surface area contributed by atoms with E-state index in [0.717, 1.165) is 29.3 Å². The summed E-state index contributed by atoms with van der Waals surface area (Å²) in [6.07, 6.45) is 4.93. The van der Waals surface area contributed by atoms with E-state index >= 15 is 0 Å². The summed E-state index contributed by atoms with van der Waals surface area (Å²) in [6.45, 7) is 2.33. The molecule has 0 bridgehead atoms. The molecule has 1 aliphatic carbocycles. The Bertz CT molecular complexity index is 1190. The molecule has 0 saturated carbocycles. The van der Waals surface area contributed by atoms with Crippen molar-refractivity contribution in [2.24, 2.45) is 0 Å². The van der Waals surface area contributed by atoms with Gasteiger partial charge in [0.2, 0.25) is 5.88 Å². The summed E-state index contributed by atoms with van der Waals surface area (Å²) in [5, 5.41) is 20.0. The Morgan fingerprint density at radius 2 is 1.77 bits per heavy atom. The molecule has 0 aliphatic heterocycles. The lowest BCUT2D eigenvalue weighted by Gasteiger charge is -2.24. The van der Waals surface area contributed by atoms with Crippen LogP contribution in [0, 0.1) is 22.7 Å². The average Bonchev–Trinajstić information content (AvgIpc) is 2.83. The molecule has 0 radical (unpaired) electrons. The number of nitrogens with zero attached hydrogens (tertiary/aromatic N) is 3. The second kappa shape index (κ2) is 8.66. The van der Waals surface area contributed by atoms with Crippen molar-refractivity contribution in [3.8, 4) is 23.8 Å². The van der Waals surface area contributed by atoms with Gasteiger partial charge in [0.1, 0.15) is 5.75 Å². The molecule has 5 nitrogen and oxygen atoms in total. The lowest BCUT2D eigenvalue weighted by Crippen LogP contribution is -2.23. The zero-order valence-electron chi connectivity index (χ0n) is 17.9. The van der Waals surface area contributed by atoms with E-state index in [0.29, 0.717) is 30.2 Å². The van der Waals surface area contributed by atoms with Gasteiger partial charge in [0.05, 0.1) is 42.4 Å². The minimum Gasteiger partial charge on any atom is -0.494 e. The summed E-state index contributed by atoms with van der Waals surface area (Å²) in [4.78, 5) is 4.77. The Morgan fingerprint density at radius 3 is 2.45 bits per heavy atom. The molecule has 0 spiro atoms. The van der Waals surface area contributed by atoms with Crippen LogP contribution in [0.2, 0.25) is 0 Å². The Balaban J connectivity index is 1.59. The van der Waals surface area contributed by atoms with Gasteiger partial charge in [-0.2, -0.15) is 10.5 Å². The van der Waals surface area contributed by atoms with Crippen LogP contribution in [0.5, 0.6) is 11.6 Å². The van der Waals surface area contributed by atoms with Crippen LogP contribution in [0.15, 0.2) is 42.5 Å². The highest BCUT2D eigenvalue weighted by Crippen LogP contribution is 2.36. The Labute approximate surface area is 182 Å². The van der Waals surface area contributed by atoms with Gasteiger partial charge in [0, 0.05) is 17.4 Å². The minimum absolute atomic E-state index is 0.398. The van der Waals surface area contributed by atoms with Gasteiger partial charge in [-0.1, -0.05) is 12.1 Å². The first-order valence-electron chi connectivity index (χ1n) is 10.6. The highest BCUT2D eigenvalue weighted by atomic mass is 16.5. The zero-order chi connectivity index (χ0) is 21.8. The number of methoxy groups -OCH3 is 1. The molecule has 2 aromatic carbocycles. The van der Waals surface area contributed by atoms with Crippen LogP contribution in [0.1, 0.15) is 48.4 Å². The van der Waals surface area contributed by atoms with Crippen molar-refractivity contribution in [2.75, 3.05) is 13.7 Å². The summed E-state index contributed by atoms with van der Waals surface area (Å²) >= 11 is 0. The van der Waals surface area contributed by atoms with E-state index in [4.69, 9.17) is 19.7 Å². The molecule has 0 fully saturated rings. The van der Waals surface area contributed by atoms with E-state index in [1.165, 1.54) is 24.0 Å². The smallest absolute Gasteiger partial charge is 0.217 e. The second-order valence-electron chi connectivity index (χ2n) is 8.20. The van der Waals surface area contributed by atoms with Crippen LogP contribution < -0.4 is 9.47 Å². The lowest BCUT2D eigenvalue weighted by molar-refractivity contribution is 0.285. The number of aromatic nitrogens is 1. The van der Waals surface area contributed by atoms with Crippen molar-refractivity contribution in [3.05, 3.63) is 64.7 Å². The van der Waals surface area contributed by atoms with Gasteiger partial charge < -0.3 is 9.47 Å². The predicted octanol–water partition coefficient (Wildman–Crippen LogP) is 5.24. The maximum absolute atomic E-state index is 9.98. The maximum Gasteiger partial charge on any atom is 0.217 e. The predicted molar refractivity (Wildman–Crippen MR) is 119 cm³/mol. The molecule has 156 valence electrons. The third-order valence-electron chi connectivity index (χ3n) is 6.20. The minimum atomic E-state index is -0.703. The number of rotatable bonds is 6. The van der Waals surface area contributed by atoms with Gasteiger partial charge in [-0.25, -0.2) is 4.98 Å². The summed E-state index contributed by atoms with van der Waals surface area (Å²) in [6, 6.07) is 17.8. The molecule has 1 aromatic heterocycles. The summed E-state index contributed by atoms with van der Waals surface area (Å²) in [7, 11) is 1.67. The number of fused-ring (bicyclic) bond motifs is 3. The highest BCUT2D eigenvalue weighted by Gasteiger charge is 2.28. The van der Waals surface area contributed by atoms with Gasteiger partial charge >= 0.3 is 0 Å². The molecular formula is C26H25N3O2. The normalized spacial score (nSPS) is 14.7. The molecular weight excluding hydrogens is 386 g/mol. The van der Waals surface area contributed by atoms with E-state index in [1.807, 2.05) is 13.0 Å². The fraction of sp³-hybridized carbons (Fsp3) is 0.346. The molecule has 1 atom stereocenters. The third-order valence-corrected chi connectivity index (χ3v) is 6.20. The Kier molecular flexibility index (Phi) is 5.78. The highest BCUT2D eigenvalue weighted by molar-refractivity contribution is 5.85. The maximum atomic E-state index is 9.98. The standard InChI is InChI=1S/C26H25N3O2/c1-26(17-28,13-14-31-20-10-7-18(16-27)8-11-20)19-9-12-22-21-5-3-4-6-23(21)25(30-2)29-24(22)15-19/h7-12,15H,3-6,13-14H2,1-2H3. The number of hydrogen-bond donors (Lipinski definition) is 0. The topological polar surface area (TPSA) is 78.9 Å². The van der Waals surface area contributed by atoms with Crippen LogP contribution in [-0.4, -0.2) is 18.7 Å². The van der Waals surface area contributed by atoms with Crippen LogP contribution >= 0.6 is 0 Å². The number of pyridine rings is 1. The SMILES string of the molecule is COc1nc2cc(C(C)(C#N)CCOc3ccc(C#N)cc3)ccc2c2c1CCCC2. The van der Waals surface area contributed by atoms with E-state index in [-0.39, 0.29) is 0 Å². The molecule has 1 aliphatic rings. The van der Waals surface area contributed by atoms with E-state index in [9.17, 15) is 5.26 Å². The first-order chi connectivity index (χ1) is 15.1. The van der Waals surface area contributed by atoms with Gasteiger partial charge in [-0.05, 0) is 74.1 Å². The largest absolute Gasteiger partial charge is 0.494 e. The fourth-order valence-electron chi connectivity index (χ4n) is 4.27. The molecule has 0 N–H and O–H groups in total. The molecule has 1 unspecified atom stereocenters. The molecule has 4 rings (SSSR count). The average molecular weight is 412 g/mol. The van der Waals surface area contributed by atoms with Crippen molar-refractivity contribution in [1.29, 1.82) is 10.5 Å². The van der Waals surface area contributed by atoms with Gasteiger partial charge in [-0.3, -0.25) is 0 Å². The van der Waals surface area contributed by atoms with Crippen molar-refractivity contribution in [3.63, 3.8) is 0 Å². The molecule has 1 heterocycles. The number of hydrogen-bond acceptors (Lipinski definition) is 5. The fourth-order valence-corrected chi connectivity index (χ4v) is 4.27. The first-order valence-corrected chi connectivity index (χ1v) is 10.6. The monoisotopic (exact) mass is 411 g/mol. The second-order valence-corrected chi connectivity index (χ2v) is 8.20.